The molecule has 0 aromatic carbocycles. The van der Waals surface area contributed by atoms with Crippen molar-refractivity contribution in [3.63, 3.8) is 0 Å². The van der Waals surface area contributed by atoms with Gasteiger partial charge in [-0.25, -0.2) is 8.42 Å². The lowest BCUT2D eigenvalue weighted by molar-refractivity contribution is 0.0911. The lowest BCUT2D eigenvalue weighted by atomic mass is 10.0. The van der Waals surface area contributed by atoms with Crippen molar-refractivity contribution in [2.45, 2.75) is 36.9 Å². The second-order valence-corrected chi connectivity index (χ2v) is 8.66. The minimum atomic E-state index is -3.31. The summed E-state index contributed by atoms with van der Waals surface area (Å²) in [6.45, 7) is 5.39. The maximum absolute atomic E-state index is 12.3. The van der Waals surface area contributed by atoms with Gasteiger partial charge in [0.25, 0.3) is 5.91 Å². The van der Waals surface area contributed by atoms with Crippen LogP contribution in [-0.4, -0.2) is 30.7 Å². The van der Waals surface area contributed by atoms with E-state index in [0.29, 0.717) is 23.0 Å². The van der Waals surface area contributed by atoms with Crippen LogP contribution in [0.1, 0.15) is 42.2 Å². The van der Waals surface area contributed by atoms with E-state index in [9.17, 15) is 13.2 Å². The number of sulfone groups is 1. The molecule has 0 atom stereocenters. The second kappa shape index (κ2) is 5.81. The molecule has 9 heteroatoms. The molecule has 0 spiro atoms. The van der Waals surface area contributed by atoms with Gasteiger partial charge in [-0.05, 0) is 26.0 Å². The Hall–Kier alpha value is -1.74. The number of aromatic nitrogens is 2. The van der Waals surface area contributed by atoms with Gasteiger partial charge in [0.2, 0.25) is 5.89 Å². The van der Waals surface area contributed by atoms with E-state index in [0.717, 1.165) is 17.6 Å². The average molecular weight is 343 g/mol. The first-order chi connectivity index (χ1) is 10.1. The topological polar surface area (TPSA) is 102 Å². The number of hydrogen-bond acceptors (Lipinski definition) is 7. The fraction of sp³-hybridized carbons (Fsp3) is 0.462. The first-order valence-corrected chi connectivity index (χ1v) is 9.29. The van der Waals surface area contributed by atoms with Gasteiger partial charge in [0.15, 0.2) is 15.7 Å². The Kier molecular flexibility index (Phi) is 4.39. The van der Waals surface area contributed by atoms with Gasteiger partial charge in [0, 0.05) is 12.7 Å². The van der Waals surface area contributed by atoms with Crippen LogP contribution in [0.25, 0.3) is 0 Å². The fourth-order valence-electron chi connectivity index (χ4n) is 1.70. The summed E-state index contributed by atoms with van der Waals surface area (Å²) >= 11 is 0.929. The first kappa shape index (κ1) is 16.6. The Morgan fingerprint density at radius 3 is 2.59 bits per heavy atom. The maximum atomic E-state index is 12.3. The summed E-state index contributed by atoms with van der Waals surface area (Å²) in [5.74, 6) is 0.484. The largest absolute Gasteiger partial charge is 0.339 e. The number of rotatable bonds is 5. The number of aryl methyl sites for hydroxylation is 1. The second-order valence-electron chi connectivity index (χ2n) is 5.34. The summed E-state index contributed by atoms with van der Waals surface area (Å²) in [5, 5.41) is 6.64. The fourth-order valence-corrected chi connectivity index (χ4v) is 3.52. The lowest BCUT2D eigenvalue weighted by Crippen LogP contribution is -2.41. The van der Waals surface area contributed by atoms with E-state index in [4.69, 9.17) is 4.52 Å². The van der Waals surface area contributed by atoms with Crippen LogP contribution in [0, 0.1) is 0 Å². The molecule has 0 saturated carbocycles. The van der Waals surface area contributed by atoms with Gasteiger partial charge in [-0.1, -0.05) is 12.1 Å². The van der Waals surface area contributed by atoms with Gasteiger partial charge in [-0.15, -0.1) is 11.3 Å². The highest BCUT2D eigenvalue weighted by Crippen LogP contribution is 2.23. The highest BCUT2D eigenvalue weighted by molar-refractivity contribution is 7.92. The third-order valence-corrected chi connectivity index (χ3v) is 5.83. The van der Waals surface area contributed by atoms with Gasteiger partial charge < -0.3 is 9.84 Å². The van der Waals surface area contributed by atoms with Crippen molar-refractivity contribution in [3.05, 3.63) is 28.7 Å². The zero-order valence-electron chi connectivity index (χ0n) is 12.7. The molecule has 0 saturated heterocycles. The SMILES string of the molecule is CCc1nc(C(C)(C)NC(=O)c2ccc(S(C)(=O)=O)s2)no1. The van der Waals surface area contributed by atoms with E-state index in [1.54, 1.807) is 13.8 Å². The third-order valence-electron chi connectivity index (χ3n) is 2.93. The van der Waals surface area contributed by atoms with Gasteiger partial charge in [0.1, 0.15) is 4.21 Å². The zero-order chi connectivity index (χ0) is 16.5. The van der Waals surface area contributed by atoms with E-state index in [2.05, 4.69) is 15.5 Å². The minimum absolute atomic E-state index is 0.156. The van der Waals surface area contributed by atoms with Crippen molar-refractivity contribution in [1.82, 2.24) is 15.5 Å². The molecule has 0 fully saturated rings. The van der Waals surface area contributed by atoms with Crippen LogP contribution in [0.2, 0.25) is 0 Å². The molecule has 2 aromatic rings. The van der Waals surface area contributed by atoms with Crippen molar-refractivity contribution < 1.29 is 17.7 Å². The summed E-state index contributed by atoms with van der Waals surface area (Å²) in [5.41, 5.74) is -0.830. The third kappa shape index (κ3) is 3.53. The maximum Gasteiger partial charge on any atom is 0.262 e. The molecular weight excluding hydrogens is 326 g/mol. The van der Waals surface area contributed by atoms with Crippen LogP contribution in [0.5, 0.6) is 0 Å². The number of nitrogens with one attached hydrogen (secondary N) is 1. The molecular formula is C13H17N3O4S2. The van der Waals surface area contributed by atoms with Crippen LogP contribution in [-0.2, 0) is 21.8 Å². The Labute approximate surface area is 132 Å². The van der Waals surface area contributed by atoms with E-state index >= 15 is 0 Å². The predicted octanol–water partition coefficient (Wildman–Crippen LogP) is 1.76. The smallest absolute Gasteiger partial charge is 0.262 e. The van der Waals surface area contributed by atoms with Crippen molar-refractivity contribution >= 4 is 27.1 Å². The van der Waals surface area contributed by atoms with Gasteiger partial charge >= 0.3 is 0 Å². The van der Waals surface area contributed by atoms with Gasteiger partial charge in [0.05, 0.1) is 10.4 Å². The van der Waals surface area contributed by atoms with Crippen LogP contribution in [0.4, 0.5) is 0 Å². The summed E-state index contributed by atoms with van der Waals surface area (Å²) in [7, 11) is -3.31. The molecule has 0 aliphatic rings. The molecule has 120 valence electrons. The van der Waals surface area contributed by atoms with Gasteiger partial charge in [-0.2, -0.15) is 4.98 Å². The lowest BCUT2D eigenvalue weighted by Gasteiger charge is -2.21. The molecule has 22 heavy (non-hydrogen) atoms. The number of hydrogen-bond donors (Lipinski definition) is 1. The highest BCUT2D eigenvalue weighted by atomic mass is 32.2. The number of carbonyl (C=O) groups excluding carboxylic acids is 1. The molecule has 1 N–H and O–H groups in total. The van der Waals surface area contributed by atoms with Crippen molar-refractivity contribution in [3.8, 4) is 0 Å². The quantitative estimate of drug-likeness (QED) is 0.887. The number of thiophene rings is 1. The Morgan fingerprint density at radius 2 is 2.09 bits per heavy atom. The van der Waals surface area contributed by atoms with E-state index in [1.165, 1.54) is 12.1 Å². The Bertz CT molecular complexity index is 790. The molecule has 0 radical (unpaired) electrons. The molecule has 0 bridgehead atoms. The molecule has 2 rings (SSSR count). The van der Waals surface area contributed by atoms with Crippen molar-refractivity contribution in [2.24, 2.45) is 0 Å². The molecule has 0 unspecified atom stereocenters. The van der Waals surface area contributed by atoms with Crippen LogP contribution in [0.3, 0.4) is 0 Å². The number of nitrogens with zero attached hydrogens (tertiary/aromatic N) is 2. The van der Waals surface area contributed by atoms with Crippen LogP contribution >= 0.6 is 11.3 Å². The highest BCUT2D eigenvalue weighted by Gasteiger charge is 2.29. The Balaban J connectivity index is 2.18. The number of carbonyl (C=O) groups is 1. The van der Waals surface area contributed by atoms with Crippen LogP contribution in [0.15, 0.2) is 20.9 Å². The summed E-state index contributed by atoms with van der Waals surface area (Å²) in [6.07, 6.45) is 1.72. The summed E-state index contributed by atoms with van der Waals surface area (Å²) in [6, 6.07) is 2.91. The van der Waals surface area contributed by atoms with E-state index in [-0.39, 0.29) is 10.1 Å². The van der Waals surface area contributed by atoms with E-state index < -0.39 is 15.4 Å². The van der Waals surface area contributed by atoms with E-state index in [1.807, 2.05) is 6.92 Å². The first-order valence-electron chi connectivity index (χ1n) is 6.59. The molecule has 0 aliphatic carbocycles. The average Bonchev–Trinajstić information content (AvgIpc) is 3.07. The van der Waals surface area contributed by atoms with Crippen molar-refractivity contribution in [2.75, 3.05) is 6.26 Å². The summed E-state index contributed by atoms with van der Waals surface area (Å²) in [4.78, 5) is 16.8. The zero-order valence-corrected chi connectivity index (χ0v) is 14.3. The number of amides is 1. The molecule has 1 amide bonds. The predicted molar refractivity (Wildman–Crippen MR) is 81.6 cm³/mol. The molecule has 0 aliphatic heterocycles. The molecule has 2 aromatic heterocycles. The van der Waals surface area contributed by atoms with Crippen molar-refractivity contribution in [1.29, 1.82) is 0 Å². The molecule has 2 heterocycles. The Morgan fingerprint density at radius 1 is 1.41 bits per heavy atom. The standard InChI is InChI=1S/C13H17N3O4S2/c1-5-9-14-12(16-20-9)13(2,3)15-11(17)8-6-7-10(21-8)22(4,18)19/h6-7H,5H2,1-4H3,(H,15,17). The van der Waals surface area contributed by atoms with Gasteiger partial charge in [-0.3, -0.25) is 4.79 Å². The monoisotopic (exact) mass is 343 g/mol. The molecule has 7 nitrogen and oxygen atoms in total. The minimum Gasteiger partial charge on any atom is -0.339 e. The summed E-state index contributed by atoms with van der Waals surface area (Å²) < 4.78 is 28.1. The van der Waals surface area contributed by atoms with Crippen LogP contribution < -0.4 is 5.32 Å². The normalized spacial score (nSPS) is 12.4.